The number of alkyl halides is 1. The summed E-state index contributed by atoms with van der Waals surface area (Å²) in [7, 11) is 0. The maximum atomic E-state index is 11.9. The Bertz CT molecular complexity index is 595. The Hall–Kier alpha value is -2.00. The number of nitrogens with zero attached hydrogens (tertiary/aromatic N) is 3. The third kappa shape index (κ3) is 2.46. The van der Waals surface area contributed by atoms with E-state index in [1.807, 2.05) is 0 Å². The maximum absolute atomic E-state index is 11.9. The molecule has 0 spiro atoms. The van der Waals surface area contributed by atoms with Gasteiger partial charge < -0.3 is 15.6 Å². The Morgan fingerprint density at radius 2 is 2.44 bits per heavy atom. The van der Waals surface area contributed by atoms with Crippen LogP contribution in [-0.2, 0) is 11.5 Å². The minimum Gasteiger partial charge on any atom is -0.369 e. The lowest BCUT2D eigenvalue weighted by atomic mass is 10.5. The first kappa shape index (κ1) is 12.5. The molecule has 98 valence electrons. The molecular weight excluding hydrogens is 245 g/mol. The standard InChI is InChI=1S/C9H12FN5O3/c10-2-1-5(16)18-4-15-3-12-6-7(15)13-9(11)14-8(6)17/h3,5,16H,1-2,4H2,(H3,11,13,14,17). The second kappa shape index (κ2) is 5.10. The lowest BCUT2D eigenvalue weighted by Crippen LogP contribution is -2.16. The van der Waals surface area contributed by atoms with Crippen molar-refractivity contribution in [1.82, 2.24) is 19.5 Å². The van der Waals surface area contributed by atoms with Gasteiger partial charge >= 0.3 is 0 Å². The molecule has 0 radical (unpaired) electrons. The highest BCUT2D eigenvalue weighted by molar-refractivity contribution is 5.70. The third-order valence-electron chi connectivity index (χ3n) is 2.26. The monoisotopic (exact) mass is 257 g/mol. The van der Waals surface area contributed by atoms with Gasteiger partial charge in [-0.2, -0.15) is 4.98 Å². The summed E-state index contributed by atoms with van der Waals surface area (Å²) in [6.45, 7) is -0.787. The zero-order chi connectivity index (χ0) is 13.1. The van der Waals surface area contributed by atoms with Crippen LogP contribution in [0, 0.1) is 0 Å². The molecule has 0 aliphatic carbocycles. The second-order valence-electron chi connectivity index (χ2n) is 3.57. The molecule has 1 atom stereocenters. The molecule has 8 nitrogen and oxygen atoms in total. The molecule has 9 heteroatoms. The number of aliphatic hydroxyl groups is 1. The van der Waals surface area contributed by atoms with Crippen molar-refractivity contribution < 1.29 is 14.2 Å². The number of halogens is 1. The van der Waals surface area contributed by atoms with Crippen LogP contribution in [0.3, 0.4) is 0 Å². The number of nitrogens with one attached hydrogen (secondary N) is 1. The van der Waals surface area contributed by atoms with Gasteiger partial charge in [-0.3, -0.25) is 18.7 Å². The SMILES string of the molecule is Nc1nc2c(ncn2COC(O)CCF)c(=O)[nH]1. The number of imidazole rings is 1. The summed E-state index contributed by atoms with van der Waals surface area (Å²) in [5.74, 6) is -0.0430. The zero-order valence-electron chi connectivity index (χ0n) is 9.34. The molecule has 2 rings (SSSR count). The molecule has 0 aliphatic rings. The fourth-order valence-electron chi connectivity index (χ4n) is 1.41. The smallest absolute Gasteiger partial charge is 0.280 e. The van der Waals surface area contributed by atoms with Gasteiger partial charge in [-0.25, -0.2) is 4.98 Å². The second-order valence-corrected chi connectivity index (χ2v) is 3.57. The Morgan fingerprint density at radius 1 is 1.67 bits per heavy atom. The number of fused-ring (bicyclic) bond motifs is 1. The molecule has 0 aromatic carbocycles. The first-order valence-electron chi connectivity index (χ1n) is 5.18. The number of rotatable bonds is 5. The molecule has 0 aliphatic heterocycles. The quantitative estimate of drug-likeness (QED) is 0.612. The van der Waals surface area contributed by atoms with Gasteiger partial charge in [-0.05, 0) is 0 Å². The van der Waals surface area contributed by atoms with Crippen molar-refractivity contribution in [3.05, 3.63) is 16.7 Å². The Morgan fingerprint density at radius 3 is 3.17 bits per heavy atom. The minimum atomic E-state index is -1.22. The number of H-pyrrole nitrogens is 1. The number of hydrogen-bond donors (Lipinski definition) is 3. The van der Waals surface area contributed by atoms with Crippen LogP contribution in [0.2, 0.25) is 0 Å². The maximum Gasteiger partial charge on any atom is 0.280 e. The van der Waals surface area contributed by atoms with Gasteiger partial charge in [0.05, 0.1) is 13.0 Å². The molecule has 0 fully saturated rings. The van der Waals surface area contributed by atoms with Crippen molar-refractivity contribution in [1.29, 1.82) is 0 Å². The summed E-state index contributed by atoms with van der Waals surface area (Å²) < 4.78 is 18.3. The lowest BCUT2D eigenvalue weighted by molar-refractivity contribution is -0.129. The number of aliphatic hydroxyl groups excluding tert-OH is 1. The van der Waals surface area contributed by atoms with Crippen molar-refractivity contribution in [2.75, 3.05) is 12.4 Å². The number of hydrogen-bond acceptors (Lipinski definition) is 6. The fourth-order valence-corrected chi connectivity index (χ4v) is 1.41. The summed E-state index contributed by atoms with van der Waals surface area (Å²) in [5.41, 5.74) is 5.31. The summed E-state index contributed by atoms with van der Waals surface area (Å²) in [6.07, 6.45) is -0.0103. The molecule has 2 heterocycles. The van der Waals surface area contributed by atoms with Crippen molar-refractivity contribution in [3.63, 3.8) is 0 Å². The molecule has 2 aromatic rings. The highest BCUT2D eigenvalue weighted by Gasteiger charge is 2.10. The number of aromatic nitrogens is 4. The largest absolute Gasteiger partial charge is 0.369 e. The molecule has 0 saturated carbocycles. The van der Waals surface area contributed by atoms with Gasteiger partial charge in [0.2, 0.25) is 5.95 Å². The van der Waals surface area contributed by atoms with E-state index >= 15 is 0 Å². The van der Waals surface area contributed by atoms with Crippen LogP contribution in [0.4, 0.5) is 10.3 Å². The predicted molar refractivity (Wildman–Crippen MR) is 60.2 cm³/mol. The first-order valence-corrected chi connectivity index (χ1v) is 5.18. The number of nitrogens with two attached hydrogens (primary N) is 1. The number of aromatic amines is 1. The predicted octanol–water partition coefficient (Wildman–Crippen LogP) is -0.646. The van der Waals surface area contributed by atoms with Gasteiger partial charge in [0.25, 0.3) is 5.56 Å². The molecule has 0 bridgehead atoms. The zero-order valence-corrected chi connectivity index (χ0v) is 9.34. The van der Waals surface area contributed by atoms with Gasteiger partial charge in [-0.15, -0.1) is 0 Å². The lowest BCUT2D eigenvalue weighted by Gasteiger charge is -2.10. The first-order chi connectivity index (χ1) is 8.61. The van der Waals surface area contributed by atoms with Crippen LogP contribution in [0.1, 0.15) is 6.42 Å². The van der Waals surface area contributed by atoms with E-state index in [0.717, 1.165) is 0 Å². The van der Waals surface area contributed by atoms with E-state index in [-0.39, 0.29) is 30.3 Å². The summed E-state index contributed by atoms with van der Waals surface area (Å²) in [4.78, 5) is 21.5. The average Bonchev–Trinajstić information content (AvgIpc) is 2.70. The van der Waals surface area contributed by atoms with E-state index in [2.05, 4.69) is 15.0 Å². The molecular formula is C9H12FN5O3. The number of anilines is 1. The van der Waals surface area contributed by atoms with Crippen molar-refractivity contribution >= 4 is 17.1 Å². The van der Waals surface area contributed by atoms with Crippen LogP contribution in [0.25, 0.3) is 11.2 Å². The molecule has 0 saturated heterocycles. The number of ether oxygens (including phenoxy) is 1. The third-order valence-corrected chi connectivity index (χ3v) is 2.26. The summed E-state index contributed by atoms with van der Waals surface area (Å²) in [5, 5.41) is 9.22. The normalized spacial score (nSPS) is 13.0. The van der Waals surface area contributed by atoms with Crippen LogP contribution < -0.4 is 11.3 Å². The van der Waals surface area contributed by atoms with E-state index in [9.17, 15) is 14.3 Å². The number of nitrogen functional groups attached to an aromatic ring is 1. The average molecular weight is 257 g/mol. The molecule has 18 heavy (non-hydrogen) atoms. The highest BCUT2D eigenvalue weighted by atomic mass is 19.1. The van der Waals surface area contributed by atoms with E-state index in [0.29, 0.717) is 0 Å². The highest BCUT2D eigenvalue weighted by Crippen LogP contribution is 2.07. The summed E-state index contributed by atoms with van der Waals surface area (Å²) in [6, 6.07) is 0. The van der Waals surface area contributed by atoms with Crippen LogP contribution in [0.15, 0.2) is 11.1 Å². The van der Waals surface area contributed by atoms with Gasteiger partial charge in [0.1, 0.15) is 6.73 Å². The van der Waals surface area contributed by atoms with Crippen molar-refractivity contribution in [2.24, 2.45) is 0 Å². The van der Waals surface area contributed by atoms with Gasteiger partial charge in [0.15, 0.2) is 17.5 Å². The van der Waals surface area contributed by atoms with Crippen molar-refractivity contribution in [2.45, 2.75) is 19.4 Å². The van der Waals surface area contributed by atoms with E-state index in [1.165, 1.54) is 10.9 Å². The molecule has 4 N–H and O–H groups in total. The van der Waals surface area contributed by atoms with E-state index in [1.54, 1.807) is 0 Å². The Labute approximate surface area is 100 Å². The van der Waals surface area contributed by atoms with Crippen LogP contribution >= 0.6 is 0 Å². The summed E-state index contributed by atoms with van der Waals surface area (Å²) >= 11 is 0. The molecule has 2 aromatic heterocycles. The van der Waals surface area contributed by atoms with Gasteiger partial charge in [-0.1, -0.05) is 0 Å². The van der Waals surface area contributed by atoms with Crippen molar-refractivity contribution in [3.8, 4) is 0 Å². The topological polar surface area (TPSA) is 119 Å². The van der Waals surface area contributed by atoms with E-state index < -0.39 is 18.5 Å². The molecule has 1 unspecified atom stereocenters. The van der Waals surface area contributed by atoms with Crippen LogP contribution in [-0.4, -0.2) is 37.6 Å². The molecule has 0 amide bonds. The fraction of sp³-hybridized carbons (Fsp3) is 0.444. The Balaban J connectivity index is 2.22. The Kier molecular flexibility index (Phi) is 3.53. The van der Waals surface area contributed by atoms with E-state index in [4.69, 9.17) is 10.5 Å². The van der Waals surface area contributed by atoms with Crippen LogP contribution in [0.5, 0.6) is 0 Å². The van der Waals surface area contributed by atoms with Gasteiger partial charge in [0, 0.05) is 6.42 Å². The minimum absolute atomic E-state index is 0.0430.